The summed E-state index contributed by atoms with van der Waals surface area (Å²) in [6, 6.07) is 2.37. The van der Waals surface area contributed by atoms with Crippen LogP contribution in [0, 0.1) is 5.41 Å². The summed E-state index contributed by atoms with van der Waals surface area (Å²) in [5.74, 6) is 0.799. The van der Waals surface area contributed by atoms with E-state index in [1.54, 1.807) is 6.20 Å². The normalized spacial score (nSPS) is 23.4. The van der Waals surface area contributed by atoms with Crippen molar-refractivity contribution in [2.45, 2.75) is 39.2 Å². The molecule has 1 atom stereocenters. The molecule has 0 aliphatic heterocycles. The Hall–Kier alpha value is -0.280. The second kappa shape index (κ2) is 4.53. The Labute approximate surface area is 110 Å². The van der Waals surface area contributed by atoms with Crippen LogP contribution in [0.1, 0.15) is 33.1 Å². The van der Waals surface area contributed by atoms with E-state index in [-0.39, 0.29) is 0 Å². The van der Waals surface area contributed by atoms with E-state index in [0.29, 0.717) is 16.5 Å². The van der Waals surface area contributed by atoms with Gasteiger partial charge < -0.3 is 5.32 Å². The van der Waals surface area contributed by atoms with Crippen molar-refractivity contribution in [1.82, 2.24) is 4.98 Å². The average Bonchev–Trinajstić information content (AvgIpc) is 2.51. The number of aromatic nitrogens is 1. The maximum atomic E-state index is 6.12. The fourth-order valence-corrected chi connectivity index (χ4v) is 2.96. The molecule has 1 N–H and O–H groups in total. The summed E-state index contributed by atoms with van der Waals surface area (Å²) in [7, 11) is 0. The summed E-state index contributed by atoms with van der Waals surface area (Å²) >= 11 is 9.48. The Bertz CT molecular complexity index is 393. The number of pyridine rings is 1. The van der Waals surface area contributed by atoms with Gasteiger partial charge in [-0.15, -0.1) is 0 Å². The third kappa shape index (κ3) is 2.89. The zero-order valence-corrected chi connectivity index (χ0v) is 11.9. The third-order valence-electron chi connectivity index (χ3n) is 3.12. The molecule has 88 valence electrons. The van der Waals surface area contributed by atoms with Gasteiger partial charge in [-0.3, -0.25) is 0 Å². The molecule has 1 aromatic rings. The maximum Gasteiger partial charge on any atom is 0.145 e. The van der Waals surface area contributed by atoms with E-state index in [9.17, 15) is 0 Å². The van der Waals surface area contributed by atoms with Crippen LogP contribution in [0.3, 0.4) is 0 Å². The highest BCUT2D eigenvalue weighted by Gasteiger charge is 2.31. The Morgan fingerprint density at radius 2 is 2.31 bits per heavy atom. The summed E-state index contributed by atoms with van der Waals surface area (Å²) in [5, 5.41) is 4.11. The first-order chi connectivity index (χ1) is 7.46. The molecule has 0 aromatic carbocycles. The smallest absolute Gasteiger partial charge is 0.145 e. The number of rotatable bonds is 2. The molecule has 1 heterocycles. The lowest BCUT2D eigenvalue weighted by Crippen LogP contribution is -2.18. The van der Waals surface area contributed by atoms with Crippen LogP contribution in [-0.4, -0.2) is 11.0 Å². The van der Waals surface area contributed by atoms with E-state index in [1.165, 1.54) is 19.3 Å². The second-order valence-electron chi connectivity index (χ2n) is 5.23. The van der Waals surface area contributed by atoms with Crippen LogP contribution in [0.2, 0.25) is 5.02 Å². The summed E-state index contributed by atoms with van der Waals surface area (Å²) in [5.41, 5.74) is 0.444. The Balaban J connectivity index is 2.05. The third-order valence-corrected chi connectivity index (χ3v) is 3.84. The van der Waals surface area contributed by atoms with E-state index in [1.807, 2.05) is 6.07 Å². The second-order valence-corrected chi connectivity index (χ2v) is 6.56. The van der Waals surface area contributed by atoms with Gasteiger partial charge in [0.15, 0.2) is 0 Å². The minimum Gasteiger partial charge on any atom is -0.366 e. The van der Waals surface area contributed by atoms with Crippen LogP contribution in [-0.2, 0) is 0 Å². The Kier molecular flexibility index (Phi) is 3.45. The molecular weight excluding hydrogens is 288 g/mol. The Morgan fingerprint density at radius 1 is 1.56 bits per heavy atom. The fourth-order valence-electron chi connectivity index (χ4n) is 2.27. The molecule has 1 saturated carbocycles. The van der Waals surface area contributed by atoms with Crippen molar-refractivity contribution in [3.63, 3.8) is 0 Å². The van der Waals surface area contributed by atoms with E-state index in [2.05, 4.69) is 40.1 Å². The number of hydrogen-bond donors (Lipinski definition) is 1. The number of nitrogens with zero attached hydrogens (tertiary/aromatic N) is 1. The highest BCUT2D eigenvalue weighted by molar-refractivity contribution is 9.10. The van der Waals surface area contributed by atoms with Gasteiger partial charge >= 0.3 is 0 Å². The van der Waals surface area contributed by atoms with Crippen LogP contribution >= 0.6 is 27.5 Å². The summed E-state index contributed by atoms with van der Waals surface area (Å²) in [6.45, 7) is 4.62. The van der Waals surface area contributed by atoms with Gasteiger partial charge in [0.25, 0.3) is 0 Å². The van der Waals surface area contributed by atoms with Crippen LogP contribution < -0.4 is 5.32 Å². The lowest BCUT2D eigenvalue weighted by Gasteiger charge is -2.18. The van der Waals surface area contributed by atoms with Crippen LogP contribution in [0.15, 0.2) is 16.7 Å². The number of halogens is 2. The number of anilines is 1. The predicted octanol–water partition coefficient (Wildman–Crippen LogP) is 4.49. The lowest BCUT2D eigenvalue weighted by atomic mass is 9.92. The SMILES string of the molecule is CC1(C)CCC(Nc2ncc(Br)cc2Cl)C1. The van der Waals surface area contributed by atoms with Crippen LogP contribution in [0.4, 0.5) is 5.82 Å². The van der Waals surface area contributed by atoms with Crippen LogP contribution in [0.5, 0.6) is 0 Å². The summed E-state index contributed by atoms with van der Waals surface area (Å²) < 4.78 is 0.912. The maximum absolute atomic E-state index is 6.12. The van der Waals surface area contributed by atoms with Gasteiger partial charge in [-0.2, -0.15) is 0 Å². The molecule has 1 aromatic heterocycles. The summed E-state index contributed by atoms with van der Waals surface area (Å²) in [4.78, 5) is 4.30. The van der Waals surface area contributed by atoms with E-state index in [4.69, 9.17) is 11.6 Å². The van der Waals surface area contributed by atoms with Gasteiger partial charge in [-0.25, -0.2) is 4.98 Å². The van der Waals surface area contributed by atoms with Gasteiger partial charge in [0.05, 0.1) is 5.02 Å². The van der Waals surface area contributed by atoms with Crippen molar-refractivity contribution < 1.29 is 0 Å². The van der Waals surface area contributed by atoms with Gasteiger partial charge in [0, 0.05) is 16.7 Å². The fraction of sp³-hybridized carbons (Fsp3) is 0.583. The number of hydrogen-bond acceptors (Lipinski definition) is 2. The minimum atomic E-state index is 0.444. The quantitative estimate of drug-likeness (QED) is 0.871. The molecule has 1 fully saturated rings. The zero-order valence-electron chi connectivity index (χ0n) is 9.56. The first kappa shape index (κ1) is 12.2. The molecule has 1 unspecified atom stereocenters. The zero-order chi connectivity index (χ0) is 11.8. The van der Waals surface area contributed by atoms with E-state index >= 15 is 0 Å². The number of nitrogens with one attached hydrogen (secondary N) is 1. The molecule has 0 spiro atoms. The Morgan fingerprint density at radius 3 is 2.88 bits per heavy atom. The van der Waals surface area contributed by atoms with Crippen molar-refractivity contribution in [3.8, 4) is 0 Å². The van der Waals surface area contributed by atoms with E-state index in [0.717, 1.165) is 10.3 Å². The molecule has 1 aliphatic carbocycles. The van der Waals surface area contributed by atoms with Crippen molar-refractivity contribution in [2.24, 2.45) is 5.41 Å². The van der Waals surface area contributed by atoms with Gasteiger partial charge in [0.1, 0.15) is 5.82 Å². The molecule has 0 amide bonds. The highest BCUT2D eigenvalue weighted by Crippen LogP contribution is 2.38. The molecule has 0 radical (unpaired) electrons. The first-order valence-corrected chi connectivity index (χ1v) is 6.71. The van der Waals surface area contributed by atoms with Gasteiger partial charge in [0.2, 0.25) is 0 Å². The van der Waals surface area contributed by atoms with Crippen molar-refractivity contribution in [2.75, 3.05) is 5.32 Å². The van der Waals surface area contributed by atoms with Gasteiger partial charge in [-0.1, -0.05) is 25.4 Å². The first-order valence-electron chi connectivity index (χ1n) is 5.54. The van der Waals surface area contributed by atoms with Crippen molar-refractivity contribution in [1.29, 1.82) is 0 Å². The molecular formula is C12H16BrClN2. The standard InChI is InChI=1S/C12H16BrClN2/c1-12(2)4-3-9(6-12)16-11-10(14)5-8(13)7-15-11/h5,7,9H,3-4,6H2,1-2H3,(H,15,16). The highest BCUT2D eigenvalue weighted by atomic mass is 79.9. The molecule has 2 nitrogen and oxygen atoms in total. The largest absolute Gasteiger partial charge is 0.366 e. The van der Waals surface area contributed by atoms with Crippen LogP contribution in [0.25, 0.3) is 0 Å². The lowest BCUT2D eigenvalue weighted by molar-refractivity contribution is 0.378. The monoisotopic (exact) mass is 302 g/mol. The molecule has 0 bridgehead atoms. The van der Waals surface area contributed by atoms with Crippen molar-refractivity contribution >= 4 is 33.3 Å². The molecule has 1 aliphatic rings. The molecule has 16 heavy (non-hydrogen) atoms. The molecule has 4 heteroatoms. The van der Waals surface area contributed by atoms with E-state index < -0.39 is 0 Å². The average molecular weight is 304 g/mol. The molecule has 0 saturated heterocycles. The predicted molar refractivity (Wildman–Crippen MR) is 72.0 cm³/mol. The minimum absolute atomic E-state index is 0.444. The van der Waals surface area contributed by atoms with Gasteiger partial charge in [-0.05, 0) is 46.7 Å². The topological polar surface area (TPSA) is 24.9 Å². The molecule has 2 rings (SSSR count). The summed E-state index contributed by atoms with van der Waals surface area (Å²) in [6.07, 6.45) is 5.41. The van der Waals surface area contributed by atoms with Crippen molar-refractivity contribution in [3.05, 3.63) is 21.8 Å².